The summed E-state index contributed by atoms with van der Waals surface area (Å²) in [6.07, 6.45) is 0.547. The third-order valence-electron chi connectivity index (χ3n) is 1.97. The first kappa shape index (κ1) is 9.87. The Bertz CT molecular complexity index is 487. The van der Waals surface area contributed by atoms with Gasteiger partial charge in [-0.15, -0.1) is 11.3 Å². The molecule has 3 heteroatoms. The molecule has 0 aliphatic rings. The summed E-state index contributed by atoms with van der Waals surface area (Å²) in [5.74, 6) is 0.215. The van der Waals surface area contributed by atoms with Crippen LogP contribution in [0.3, 0.4) is 0 Å². The van der Waals surface area contributed by atoms with E-state index in [0.717, 1.165) is 9.35 Å². The molecule has 1 aromatic carbocycles. The van der Waals surface area contributed by atoms with Gasteiger partial charge in [0.05, 0.1) is 0 Å². The average Bonchev–Trinajstić information content (AvgIpc) is 2.47. The number of Topliss-reactive ketones (excluding diaryl/α,β-unsaturated/α-hetero) is 1. The highest BCUT2D eigenvalue weighted by atomic mass is 79.9. The summed E-state index contributed by atoms with van der Waals surface area (Å²) in [6.45, 7) is 1.62. The number of rotatable bonds is 2. The van der Waals surface area contributed by atoms with Gasteiger partial charge in [-0.1, -0.05) is 12.1 Å². The molecular formula is C11H9BrOS. The highest BCUT2D eigenvalue weighted by molar-refractivity contribution is 9.10. The fourth-order valence-corrected chi connectivity index (χ4v) is 3.17. The van der Waals surface area contributed by atoms with Gasteiger partial charge in [0.25, 0.3) is 0 Å². The van der Waals surface area contributed by atoms with Crippen molar-refractivity contribution in [3.63, 3.8) is 0 Å². The Morgan fingerprint density at radius 2 is 2.29 bits per heavy atom. The van der Waals surface area contributed by atoms with Crippen molar-refractivity contribution in [2.24, 2.45) is 0 Å². The topological polar surface area (TPSA) is 17.1 Å². The van der Waals surface area contributed by atoms with E-state index in [1.807, 2.05) is 12.1 Å². The summed E-state index contributed by atoms with van der Waals surface area (Å²) in [4.78, 5) is 12.1. The Morgan fingerprint density at radius 1 is 1.50 bits per heavy atom. The van der Waals surface area contributed by atoms with Gasteiger partial charge < -0.3 is 0 Å². The number of fused-ring (bicyclic) bond motifs is 1. The van der Waals surface area contributed by atoms with E-state index in [1.54, 1.807) is 18.3 Å². The van der Waals surface area contributed by atoms with E-state index in [1.165, 1.54) is 10.1 Å². The van der Waals surface area contributed by atoms with Crippen LogP contribution in [0.15, 0.2) is 28.7 Å². The molecule has 14 heavy (non-hydrogen) atoms. The van der Waals surface area contributed by atoms with Gasteiger partial charge in [0.1, 0.15) is 5.78 Å². The highest BCUT2D eigenvalue weighted by Crippen LogP contribution is 2.32. The summed E-state index contributed by atoms with van der Waals surface area (Å²) in [5, 5.41) is 1.21. The van der Waals surface area contributed by atoms with Gasteiger partial charge in [0.2, 0.25) is 0 Å². The number of thiophene rings is 1. The highest BCUT2D eigenvalue weighted by Gasteiger charge is 2.05. The van der Waals surface area contributed by atoms with E-state index >= 15 is 0 Å². The molecule has 0 unspecified atom stereocenters. The van der Waals surface area contributed by atoms with E-state index in [2.05, 4.69) is 28.1 Å². The van der Waals surface area contributed by atoms with E-state index < -0.39 is 0 Å². The molecule has 0 spiro atoms. The maximum atomic E-state index is 11.0. The largest absolute Gasteiger partial charge is 0.300 e. The van der Waals surface area contributed by atoms with Crippen molar-refractivity contribution < 1.29 is 4.79 Å². The monoisotopic (exact) mass is 268 g/mol. The van der Waals surface area contributed by atoms with Crippen LogP contribution in [-0.4, -0.2) is 5.78 Å². The maximum Gasteiger partial charge on any atom is 0.135 e. The first-order valence-electron chi connectivity index (χ1n) is 4.33. The number of hydrogen-bond donors (Lipinski definition) is 0. The van der Waals surface area contributed by atoms with Crippen LogP contribution < -0.4 is 0 Å². The standard InChI is InChI=1S/C11H9BrOS/c1-7(13)5-9-6-8-3-2-4-10(12)11(8)14-9/h2-4,6H,5H2,1H3. The quantitative estimate of drug-likeness (QED) is 0.810. The van der Waals surface area contributed by atoms with E-state index in [9.17, 15) is 4.79 Å². The first-order chi connectivity index (χ1) is 6.66. The lowest BCUT2D eigenvalue weighted by Gasteiger charge is -1.90. The third kappa shape index (κ3) is 1.88. The van der Waals surface area contributed by atoms with Gasteiger partial charge in [-0.3, -0.25) is 4.79 Å². The fraction of sp³-hybridized carbons (Fsp3) is 0.182. The number of carbonyl (C=O) groups is 1. The van der Waals surface area contributed by atoms with E-state index in [4.69, 9.17) is 0 Å². The predicted molar refractivity (Wildman–Crippen MR) is 63.9 cm³/mol. The van der Waals surface area contributed by atoms with Crippen LogP contribution in [0.5, 0.6) is 0 Å². The van der Waals surface area contributed by atoms with Gasteiger partial charge in [0.15, 0.2) is 0 Å². The van der Waals surface area contributed by atoms with Gasteiger partial charge in [-0.25, -0.2) is 0 Å². The zero-order valence-corrected chi connectivity index (χ0v) is 10.1. The first-order valence-corrected chi connectivity index (χ1v) is 5.94. The zero-order valence-electron chi connectivity index (χ0n) is 7.71. The summed E-state index contributed by atoms with van der Waals surface area (Å²) >= 11 is 5.19. The minimum atomic E-state index is 0.215. The minimum absolute atomic E-state index is 0.215. The molecule has 0 fully saturated rings. The Morgan fingerprint density at radius 3 is 2.93 bits per heavy atom. The molecule has 0 aliphatic heterocycles. The van der Waals surface area contributed by atoms with Crippen molar-refractivity contribution in [1.29, 1.82) is 0 Å². The summed E-state index contributed by atoms with van der Waals surface area (Å²) in [7, 11) is 0. The molecule has 2 rings (SSSR count). The lowest BCUT2D eigenvalue weighted by molar-refractivity contribution is -0.116. The number of carbonyl (C=O) groups excluding carboxylic acids is 1. The summed E-state index contributed by atoms with van der Waals surface area (Å²) < 4.78 is 2.33. The maximum absolute atomic E-state index is 11.0. The van der Waals surface area contributed by atoms with Gasteiger partial charge >= 0.3 is 0 Å². The minimum Gasteiger partial charge on any atom is -0.300 e. The predicted octanol–water partition coefficient (Wildman–Crippen LogP) is 3.80. The molecule has 0 aliphatic carbocycles. The molecule has 0 N–H and O–H groups in total. The summed E-state index contributed by atoms with van der Waals surface area (Å²) in [6, 6.07) is 8.19. The van der Waals surface area contributed by atoms with Crippen LogP contribution in [0, 0.1) is 0 Å². The molecule has 2 aromatic rings. The molecule has 1 aromatic heterocycles. The number of hydrogen-bond acceptors (Lipinski definition) is 2. The lowest BCUT2D eigenvalue weighted by Crippen LogP contribution is -1.92. The molecule has 0 atom stereocenters. The molecule has 0 radical (unpaired) electrons. The normalized spacial score (nSPS) is 10.7. The smallest absolute Gasteiger partial charge is 0.135 e. The van der Waals surface area contributed by atoms with Crippen LogP contribution in [-0.2, 0) is 11.2 Å². The zero-order chi connectivity index (χ0) is 10.1. The number of ketones is 1. The molecule has 0 saturated heterocycles. The summed E-state index contributed by atoms with van der Waals surface area (Å²) in [5.41, 5.74) is 0. The van der Waals surface area contributed by atoms with E-state index in [0.29, 0.717) is 6.42 Å². The Labute approximate surface area is 94.9 Å². The van der Waals surface area contributed by atoms with Crippen molar-refractivity contribution in [2.75, 3.05) is 0 Å². The molecular weight excluding hydrogens is 260 g/mol. The third-order valence-corrected chi connectivity index (χ3v) is 4.08. The Kier molecular flexibility index (Phi) is 2.70. The van der Waals surface area contributed by atoms with Crippen molar-refractivity contribution in [1.82, 2.24) is 0 Å². The Hall–Kier alpha value is -0.670. The van der Waals surface area contributed by atoms with Gasteiger partial charge in [-0.05, 0) is 40.4 Å². The molecule has 1 nitrogen and oxygen atoms in total. The van der Waals surface area contributed by atoms with Crippen molar-refractivity contribution in [3.8, 4) is 0 Å². The average molecular weight is 269 g/mol. The molecule has 0 amide bonds. The second-order valence-electron chi connectivity index (χ2n) is 3.25. The molecule has 0 bridgehead atoms. The Balaban J connectivity index is 2.51. The van der Waals surface area contributed by atoms with Crippen molar-refractivity contribution in [2.45, 2.75) is 13.3 Å². The molecule has 72 valence electrons. The second kappa shape index (κ2) is 3.83. The van der Waals surface area contributed by atoms with Crippen LogP contribution in [0.1, 0.15) is 11.8 Å². The van der Waals surface area contributed by atoms with Crippen molar-refractivity contribution in [3.05, 3.63) is 33.6 Å². The lowest BCUT2D eigenvalue weighted by atomic mass is 10.2. The number of benzene rings is 1. The van der Waals surface area contributed by atoms with Crippen LogP contribution >= 0.6 is 27.3 Å². The second-order valence-corrected chi connectivity index (χ2v) is 5.24. The fourth-order valence-electron chi connectivity index (χ4n) is 1.41. The van der Waals surface area contributed by atoms with E-state index in [-0.39, 0.29) is 5.78 Å². The molecule has 0 saturated carbocycles. The van der Waals surface area contributed by atoms with Crippen LogP contribution in [0.2, 0.25) is 0 Å². The van der Waals surface area contributed by atoms with Crippen molar-refractivity contribution >= 4 is 43.1 Å². The van der Waals surface area contributed by atoms with Crippen LogP contribution in [0.25, 0.3) is 10.1 Å². The molecule has 1 heterocycles. The van der Waals surface area contributed by atoms with Gasteiger partial charge in [0, 0.05) is 20.5 Å². The van der Waals surface area contributed by atoms with Gasteiger partial charge in [-0.2, -0.15) is 0 Å². The number of halogens is 1. The SMILES string of the molecule is CC(=O)Cc1cc2cccc(Br)c2s1. The van der Waals surface area contributed by atoms with Crippen LogP contribution in [0.4, 0.5) is 0 Å².